The smallest absolute Gasteiger partial charge is 0.340 e. The fourth-order valence-corrected chi connectivity index (χ4v) is 4.27. The summed E-state index contributed by atoms with van der Waals surface area (Å²) in [5, 5.41) is 1.91. The summed E-state index contributed by atoms with van der Waals surface area (Å²) in [6.45, 7) is 1.12. The van der Waals surface area contributed by atoms with Crippen LogP contribution in [0.15, 0.2) is 48.7 Å². The fraction of sp³-hybridized carbons (Fsp3) is 0.391. The third kappa shape index (κ3) is 5.15. The van der Waals surface area contributed by atoms with Crippen molar-refractivity contribution in [2.45, 2.75) is 37.7 Å². The van der Waals surface area contributed by atoms with Gasteiger partial charge in [0.1, 0.15) is 5.75 Å². The summed E-state index contributed by atoms with van der Waals surface area (Å²) >= 11 is 6.07. The molecule has 0 aliphatic carbocycles. The standard InChI is InChI=1S/C23H23ClF4N2O/c24-17-4-5-19-20(12-29-21(19)11-17)16-6-8-30(9-7-16)13-15-2-1-3-18(10-15)31-14-23(27,28)22(25)26/h1-5,10-12,16,22,29H,6-9,13-14H2. The molecule has 1 aliphatic heterocycles. The first-order valence-electron chi connectivity index (χ1n) is 10.2. The lowest BCUT2D eigenvalue weighted by Crippen LogP contribution is -2.34. The van der Waals surface area contributed by atoms with Gasteiger partial charge in [-0.25, -0.2) is 8.78 Å². The molecule has 0 bridgehead atoms. The van der Waals surface area contributed by atoms with Crippen molar-refractivity contribution in [1.29, 1.82) is 0 Å². The van der Waals surface area contributed by atoms with Crippen LogP contribution in [0, 0.1) is 0 Å². The van der Waals surface area contributed by atoms with Crippen molar-refractivity contribution in [2.24, 2.45) is 0 Å². The van der Waals surface area contributed by atoms with Crippen LogP contribution in [0.4, 0.5) is 17.6 Å². The minimum absolute atomic E-state index is 0.171. The van der Waals surface area contributed by atoms with Gasteiger partial charge in [0.15, 0.2) is 6.61 Å². The number of hydrogen-bond donors (Lipinski definition) is 1. The quantitative estimate of drug-likeness (QED) is 0.414. The number of nitrogens with zero attached hydrogens (tertiary/aromatic N) is 1. The van der Waals surface area contributed by atoms with Gasteiger partial charge in [0.2, 0.25) is 0 Å². The SMILES string of the molecule is FC(F)C(F)(F)COc1cccc(CN2CCC(c3c[nH]c4cc(Cl)ccc34)CC2)c1. The molecule has 1 aliphatic rings. The fourth-order valence-electron chi connectivity index (χ4n) is 4.10. The van der Waals surface area contributed by atoms with Gasteiger partial charge in [-0.3, -0.25) is 4.90 Å². The molecule has 1 saturated heterocycles. The van der Waals surface area contributed by atoms with E-state index < -0.39 is 19.0 Å². The molecule has 0 spiro atoms. The lowest BCUT2D eigenvalue weighted by molar-refractivity contribution is -0.148. The monoisotopic (exact) mass is 454 g/mol. The Bertz CT molecular complexity index is 1030. The molecule has 3 nitrogen and oxygen atoms in total. The molecule has 166 valence electrons. The first-order valence-corrected chi connectivity index (χ1v) is 10.6. The van der Waals surface area contributed by atoms with E-state index in [1.807, 2.05) is 18.2 Å². The average molecular weight is 455 g/mol. The summed E-state index contributed by atoms with van der Waals surface area (Å²) in [5.74, 6) is -3.53. The zero-order chi connectivity index (χ0) is 22.0. The van der Waals surface area contributed by atoms with E-state index in [0.29, 0.717) is 17.5 Å². The summed E-state index contributed by atoms with van der Waals surface area (Å²) in [7, 11) is 0. The van der Waals surface area contributed by atoms with Crippen LogP contribution >= 0.6 is 11.6 Å². The van der Waals surface area contributed by atoms with Crippen LogP contribution in [0.25, 0.3) is 10.9 Å². The molecule has 1 N–H and O–H groups in total. The third-order valence-corrected chi connectivity index (χ3v) is 5.99. The number of piperidine rings is 1. The third-order valence-electron chi connectivity index (χ3n) is 5.76. The van der Waals surface area contributed by atoms with E-state index in [2.05, 4.69) is 22.1 Å². The number of H-pyrrole nitrogens is 1. The molecule has 0 unspecified atom stereocenters. The Kier molecular flexibility index (Phi) is 6.44. The van der Waals surface area contributed by atoms with Crippen molar-refractivity contribution in [3.63, 3.8) is 0 Å². The lowest BCUT2D eigenvalue weighted by Gasteiger charge is -2.32. The van der Waals surface area contributed by atoms with Crippen LogP contribution in [0.3, 0.4) is 0 Å². The minimum Gasteiger partial charge on any atom is -0.487 e. The van der Waals surface area contributed by atoms with Gasteiger partial charge in [-0.05, 0) is 67.2 Å². The first-order chi connectivity index (χ1) is 14.8. The molecule has 0 saturated carbocycles. The van der Waals surface area contributed by atoms with Crippen LogP contribution in [0.5, 0.6) is 5.75 Å². The first kappa shape index (κ1) is 22.0. The minimum atomic E-state index is -4.16. The number of rotatable bonds is 7. The van der Waals surface area contributed by atoms with E-state index in [0.717, 1.165) is 37.0 Å². The van der Waals surface area contributed by atoms with Gasteiger partial charge in [0.05, 0.1) is 0 Å². The number of aromatic nitrogens is 1. The van der Waals surface area contributed by atoms with Gasteiger partial charge in [-0.1, -0.05) is 29.8 Å². The van der Waals surface area contributed by atoms with E-state index in [4.69, 9.17) is 16.3 Å². The predicted octanol–water partition coefficient (Wildman–Crippen LogP) is 6.48. The second kappa shape index (κ2) is 9.09. The molecule has 3 aromatic rings. The highest BCUT2D eigenvalue weighted by molar-refractivity contribution is 6.31. The molecule has 2 heterocycles. The normalized spacial score (nSPS) is 16.3. The predicted molar refractivity (Wildman–Crippen MR) is 113 cm³/mol. The Labute approximate surface area is 182 Å². The van der Waals surface area contributed by atoms with Crippen molar-refractivity contribution in [3.8, 4) is 5.75 Å². The van der Waals surface area contributed by atoms with Gasteiger partial charge in [-0.2, -0.15) is 8.78 Å². The van der Waals surface area contributed by atoms with Crippen molar-refractivity contribution in [2.75, 3.05) is 19.7 Å². The van der Waals surface area contributed by atoms with Gasteiger partial charge in [0, 0.05) is 28.7 Å². The van der Waals surface area contributed by atoms with Gasteiger partial charge in [0.25, 0.3) is 0 Å². The van der Waals surface area contributed by atoms with E-state index in [1.54, 1.807) is 12.1 Å². The highest BCUT2D eigenvalue weighted by atomic mass is 35.5. The molecule has 0 atom stereocenters. The van der Waals surface area contributed by atoms with Crippen LogP contribution in [0.2, 0.25) is 5.02 Å². The molecule has 4 rings (SSSR count). The number of hydrogen-bond acceptors (Lipinski definition) is 2. The van der Waals surface area contributed by atoms with E-state index in [1.165, 1.54) is 17.0 Å². The molecule has 0 amide bonds. The molecule has 1 aromatic heterocycles. The average Bonchev–Trinajstić information content (AvgIpc) is 3.16. The molecule has 31 heavy (non-hydrogen) atoms. The Morgan fingerprint density at radius 2 is 1.90 bits per heavy atom. The van der Waals surface area contributed by atoms with Crippen LogP contribution in [-0.4, -0.2) is 41.9 Å². The second-order valence-corrected chi connectivity index (χ2v) is 8.42. The largest absolute Gasteiger partial charge is 0.487 e. The number of ether oxygens (including phenoxy) is 1. The van der Waals surface area contributed by atoms with Gasteiger partial charge < -0.3 is 9.72 Å². The number of aromatic amines is 1. The molecule has 1 fully saturated rings. The summed E-state index contributed by atoms with van der Waals surface area (Å²) in [6.07, 6.45) is 0.335. The molecule has 0 radical (unpaired) electrons. The van der Waals surface area contributed by atoms with Crippen LogP contribution in [-0.2, 0) is 6.54 Å². The maximum Gasteiger partial charge on any atom is 0.340 e. The maximum atomic E-state index is 13.1. The number of likely N-dealkylation sites (tertiary alicyclic amines) is 1. The lowest BCUT2D eigenvalue weighted by atomic mass is 9.89. The number of halogens is 5. The number of nitrogens with one attached hydrogen (secondary N) is 1. The van der Waals surface area contributed by atoms with Crippen LogP contribution < -0.4 is 4.74 Å². The van der Waals surface area contributed by atoms with Crippen molar-refractivity contribution in [3.05, 3.63) is 64.8 Å². The van der Waals surface area contributed by atoms with Crippen molar-refractivity contribution in [1.82, 2.24) is 9.88 Å². The Morgan fingerprint density at radius 1 is 1.13 bits per heavy atom. The molecule has 8 heteroatoms. The number of fused-ring (bicyclic) bond motifs is 1. The summed E-state index contributed by atoms with van der Waals surface area (Å²) in [4.78, 5) is 5.60. The molecular weight excluding hydrogens is 432 g/mol. The second-order valence-electron chi connectivity index (χ2n) is 7.98. The van der Waals surface area contributed by atoms with Crippen LogP contribution in [0.1, 0.15) is 29.9 Å². The summed E-state index contributed by atoms with van der Waals surface area (Å²) in [6, 6.07) is 12.6. The topological polar surface area (TPSA) is 28.3 Å². The van der Waals surface area contributed by atoms with E-state index in [-0.39, 0.29) is 5.75 Å². The van der Waals surface area contributed by atoms with E-state index in [9.17, 15) is 17.6 Å². The highest BCUT2D eigenvalue weighted by Crippen LogP contribution is 2.34. The zero-order valence-electron chi connectivity index (χ0n) is 16.8. The van der Waals surface area contributed by atoms with Crippen molar-refractivity contribution >= 4 is 22.5 Å². The molecular formula is C23H23ClF4N2O. The van der Waals surface area contributed by atoms with Crippen molar-refractivity contribution < 1.29 is 22.3 Å². The number of benzene rings is 2. The Hall–Kier alpha value is -2.25. The Balaban J connectivity index is 1.33. The Morgan fingerprint density at radius 3 is 2.65 bits per heavy atom. The summed E-state index contributed by atoms with van der Waals surface area (Å²) < 4.78 is 55.7. The summed E-state index contributed by atoms with van der Waals surface area (Å²) in [5.41, 5.74) is 3.25. The van der Waals surface area contributed by atoms with Gasteiger partial charge >= 0.3 is 12.3 Å². The molecule has 2 aromatic carbocycles. The van der Waals surface area contributed by atoms with E-state index >= 15 is 0 Å². The maximum absolute atomic E-state index is 13.1. The number of alkyl halides is 4. The van der Waals surface area contributed by atoms with Gasteiger partial charge in [-0.15, -0.1) is 0 Å². The highest BCUT2D eigenvalue weighted by Gasteiger charge is 2.41. The zero-order valence-corrected chi connectivity index (χ0v) is 17.5.